The van der Waals surface area contributed by atoms with E-state index in [9.17, 15) is 0 Å². The normalized spacial score (nSPS) is 15.9. The zero-order valence-corrected chi connectivity index (χ0v) is 13.1. The van der Waals surface area contributed by atoms with Gasteiger partial charge in [0.25, 0.3) is 0 Å². The second-order valence-electron chi connectivity index (χ2n) is 6.55. The van der Waals surface area contributed by atoms with Gasteiger partial charge in [-0.25, -0.2) is 9.97 Å². The summed E-state index contributed by atoms with van der Waals surface area (Å²) in [5.74, 6) is 0.749. The van der Waals surface area contributed by atoms with Gasteiger partial charge in [-0.2, -0.15) is 5.11 Å². The van der Waals surface area contributed by atoms with Crippen LogP contribution in [0.25, 0.3) is 10.2 Å². The average Bonchev–Trinajstić information content (AvgIpc) is 2.76. The maximum atomic E-state index is 4.41. The summed E-state index contributed by atoms with van der Waals surface area (Å²) in [4.78, 5) is 11.3. The second-order valence-corrected chi connectivity index (χ2v) is 7.63. The molecule has 1 aliphatic rings. The highest BCUT2D eigenvalue weighted by molar-refractivity contribution is 7.18. The van der Waals surface area contributed by atoms with Gasteiger partial charge in [-0.1, -0.05) is 20.8 Å². The predicted octanol–water partition coefficient (Wildman–Crippen LogP) is 4.70. The van der Waals surface area contributed by atoms with Crippen molar-refractivity contribution in [3.05, 3.63) is 16.8 Å². The van der Waals surface area contributed by atoms with Crippen LogP contribution in [-0.2, 0) is 12.8 Å². The fraction of sp³-hybridized carbons (Fsp3) is 0.600. The van der Waals surface area contributed by atoms with Gasteiger partial charge < -0.3 is 0 Å². The van der Waals surface area contributed by atoms with Gasteiger partial charge in [0.2, 0.25) is 0 Å². The van der Waals surface area contributed by atoms with Crippen LogP contribution in [0.3, 0.4) is 0 Å². The molecule has 0 radical (unpaired) electrons. The maximum Gasteiger partial charge on any atom is 0.186 e. The van der Waals surface area contributed by atoms with Crippen molar-refractivity contribution < 1.29 is 0 Å². The van der Waals surface area contributed by atoms with E-state index >= 15 is 0 Å². The van der Waals surface area contributed by atoms with Crippen LogP contribution in [0.2, 0.25) is 0 Å². The van der Waals surface area contributed by atoms with E-state index in [0.29, 0.717) is 6.54 Å². The number of hydrogen-bond donors (Lipinski definition) is 0. The molecule has 2 aromatic rings. The smallest absolute Gasteiger partial charge is 0.186 e. The van der Waals surface area contributed by atoms with Gasteiger partial charge in [-0.05, 0) is 36.7 Å². The average molecular weight is 288 g/mol. The first-order valence-electron chi connectivity index (χ1n) is 7.17. The fourth-order valence-electron chi connectivity index (χ4n) is 2.46. The SMILES string of the molecule is CC(C)(C)CN=Nc1ncnc2sc3c(c12)CCCC3. The Morgan fingerprint density at radius 2 is 2.00 bits per heavy atom. The van der Waals surface area contributed by atoms with Gasteiger partial charge >= 0.3 is 0 Å². The standard InChI is InChI=1S/C15H20N4S/c1-15(2,3)8-18-19-13-12-10-6-4-5-7-11(10)20-14(12)17-9-16-13/h9H,4-8H2,1-3H3. The molecule has 2 heterocycles. The van der Waals surface area contributed by atoms with Gasteiger partial charge in [0.15, 0.2) is 5.82 Å². The monoisotopic (exact) mass is 288 g/mol. The molecular formula is C15H20N4S. The minimum Gasteiger partial charge on any atom is -0.225 e. The molecule has 0 atom stereocenters. The molecule has 0 aromatic carbocycles. The number of aryl methyl sites for hydroxylation is 2. The van der Waals surface area contributed by atoms with Crippen molar-refractivity contribution in [1.29, 1.82) is 0 Å². The van der Waals surface area contributed by atoms with Crippen LogP contribution in [-0.4, -0.2) is 16.5 Å². The van der Waals surface area contributed by atoms with E-state index in [0.717, 1.165) is 22.5 Å². The molecule has 20 heavy (non-hydrogen) atoms. The predicted molar refractivity (Wildman–Crippen MR) is 82.9 cm³/mol. The molecule has 0 unspecified atom stereocenters. The van der Waals surface area contributed by atoms with Crippen LogP contribution in [0.4, 0.5) is 5.82 Å². The summed E-state index contributed by atoms with van der Waals surface area (Å²) in [6.07, 6.45) is 6.45. The fourth-order valence-corrected chi connectivity index (χ4v) is 3.69. The molecule has 106 valence electrons. The first kappa shape index (κ1) is 13.6. The van der Waals surface area contributed by atoms with Gasteiger partial charge in [0.05, 0.1) is 11.9 Å². The molecule has 2 aromatic heterocycles. The van der Waals surface area contributed by atoms with Crippen LogP contribution < -0.4 is 0 Å². The first-order valence-corrected chi connectivity index (χ1v) is 7.99. The molecule has 0 N–H and O–H groups in total. The van der Waals surface area contributed by atoms with E-state index in [4.69, 9.17) is 0 Å². The quantitative estimate of drug-likeness (QED) is 0.752. The Kier molecular flexibility index (Phi) is 3.54. The minimum atomic E-state index is 0.156. The maximum absolute atomic E-state index is 4.41. The van der Waals surface area contributed by atoms with E-state index < -0.39 is 0 Å². The highest BCUT2D eigenvalue weighted by Gasteiger charge is 2.19. The van der Waals surface area contributed by atoms with Crippen LogP contribution in [0.5, 0.6) is 0 Å². The van der Waals surface area contributed by atoms with E-state index in [1.54, 1.807) is 17.7 Å². The summed E-state index contributed by atoms with van der Waals surface area (Å²) in [7, 11) is 0. The number of fused-ring (bicyclic) bond motifs is 3. The summed E-state index contributed by atoms with van der Waals surface area (Å²) in [6.45, 7) is 7.20. The van der Waals surface area contributed by atoms with Crippen molar-refractivity contribution in [3.63, 3.8) is 0 Å². The Balaban J connectivity index is 2.00. The molecule has 4 nitrogen and oxygen atoms in total. The van der Waals surface area contributed by atoms with Gasteiger partial charge in [0.1, 0.15) is 11.2 Å². The second kappa shape index (κ2) is 5.20. The molecule has 0 saturated carbocycles. The van der Waals surface area contributed by atoms with Crippen LogP contribution in [0.15, 0.2) is 16.6 Å². The highest BCUT2D eigenvalue weighted by atomic mass is 32.1. The lowest BCUT2D eigenvalue weighted by Gasteiger charge is -2.13. The third kappa shape index (κ3) is 2.73. The topological polar surface area (TPSA) is 50.5 Å². The zero-order valence-electron chi connectivity index (χ0n) is 12.3. The number of hydrogen-bond acceptors (Lipinski definition) is 5. The molecule has 0 aliphatic heterocycles. The summed E-state index contributed by atoms with van der Waals surface area (Å²) >= 11 is 1.80. The van der Waals surface area contributed by atoms with E-state index in [1.807, 2.05) is 0 Å². The highest BCUT2D eigenvalue weighted by Crippen LogP contribution is 2.39. The van der Waals surface area contributed by atoms with Crippen LogP contribution >= 0.6 is 11.3 Å². The van der Waals surface area contributed by atoms with Crippen molar-refractivity contribution >= 4 is 27.4 Å². The number of aromatic nitrogens is 2. The van der Waals surface area contributed by atoms with Crippen LogP contribution in [0, 0.1) is 5.41 Å². The molecule has 0 spiro atoms. The summed E-state index contributed by atoms with van der Waals surface area (Å²) < 4.78 is 0. The van der Waals surface area contributed by atoms with E-state index in [1.165, 1.54) is 29.7 Å². The molecular weight excluding hydrogens is 268 g/mol. The lowest BCUT2D eigenvalue weighted by Crippen LogP contribution is -2.08. The van der Waals surface area contributed by atoms with E-state index in [-0.39, 0.29) is 5.41 Å². The largest absolute Gasteiger partial charge is 0.225 e. The molecule has 0 bridgehead atoms. The molecule has 5 heteroatoms. The number of rotatable bonds is 2. The third-order valence-electron chi connectivity index (χ3n) is 3.44. The Labute approximate surface area is 123 Å². The lowest BCUT2D eigenvalue weighted by atomic mass is 9.97. The Morgan fingerprint density at radius 1 is 1.20 bits per heavy atom. The minimum absolute atomic E-state index is 0.156. The van der Waals surface area contributed by atoms with Crippen molar-refractivity contribution in [2.24, 2.45) is 15.6 Å². The number of nitrogens with zero attached hydrogens (tertiary/aromatic N) is 4. The molecule has 0 fully saturated rings. The Hall–Kier alpha value is -1.36. The van der Waals surface area contributed by atoms with Crippen molar-refractivity contribution in [2.75, 3.05) is 6.54 Å². The van der Waals surface area contributed by atoms with Gasteiger partial charge in [0, 0.05) is 4.88 Å². The third-order valence-corrected chi connectivity index (χ3v) is 4.64. The van der Waals surface area contributed by atoms with Crippen LogP contribution in [0.1, 0.15) is 44.1 Å². The number of azo groups is 1. The molecule has 0 amide bonds. The summed E-state index contributed by atoms with van der Waals surface area (Å²) in [5, 5.41) is 9.85. The molecule has 1 aliphatic carbocycles. The summed E-state index contributed by atoms with van der Waals surface area (Å²) in [5.41, 5.74) is 1.57. The summed E-state index contributed by atoms with van der Waals surface area (Å²) in [6, 6.07) is 0. The first-order chi connectivity index (χ1) is 9.54. The van der Waals surface area contributed by atoms with Crippen molar-refractivity contribution in [1.82, 2.24) is 9.97 Å². The van der Waals surface area contributed by atoms with E-state index in [2.05, 4.69) is 41.0 Å². The Bertz CT molecular complexity index is 652. The molecule has 0 saturated heterocycles. The molecule has 3 rings (SSSR count). The zero-order chi connectivity index (χ0) is 14.2. The van der Waals surface area contributed by atoms with Crippen molar-refractivity contribution in [2.45, 2.75) is 46.5 Å². The Morgan fingerprint density at radius 3 is 2.80 bits per heavy atom. The van der Waals surface area contributed by atoms with Gasteiger partial charge in [-0.3, -0.25) is 0 Å². The van der Waals surface area contributed by atoms with Crippen molar-refractivity contribution in [3.8, 4) is 0 Å². The number of thiophene rings is 1. The van der Waals surface area contributed by atoms with Gasteiger partial charge in [-0.15, -0.1) is 16.5 Å². The lowest BCUT2D eigenvalue weighted by molar-refractivity contribution is 0.422.